The average Bonchev–Trinajstić information content (AvgIpc) is 2.49. The van der Waals surface area contributed by atoms with E-state index in [1.165, 1.54) is 0 Å². The fourth-order valence-corrected chi connectivity index (χ4v) is 1.90. The molecule has 1 aromatic heterocycles. The second-order valence-electron chi connectivity index (χ2n) is 4.92. The van der Waals surface area contributed by atoms with Crippen LogP contribution < -0.4 is 11.1 Å². The van der Waals surface area contributed by atoms with Crippen LogP contribution in [0.3, 0.4) is 0 Å². The molecule has 1 aromatic carbocycles. The molecule has 0 aliphatic heterocycles. The minimum Gasteiger partial charge on any atom is -0.330 e. The van der Waals surface area contributed by atoms with Crippen LogP contribution in [-0.4, -0.2) is 27.6 Å². The molecule has 2 aromatic rings. The Kier molecular flexibility index (Phi) is 4.94. The Balaban J connectivity index is 2.04. The van der Waals surface area contributed by atoms with Crippen LogP contribution in [0.25, 0.3) is 0 Å². The van der Waals surface area contributed by atoms with Crippen molar-refractivity contribution in [2.75, 3.05) is 11.9 Å². The van der Waals surface area contributed by atoms with Crippen LogP contribution in [0.15, 0.2) is 30.3 Å². The highest BCUT2D eigenvalue weighted by Gasteiger charge is 2.18. The predicted molar refractivity (Wildman–Crippen MR) is 80.6 cm³/mol. The van der Waals surface area contributed by atoms with Gasteiger partial charge in [0.15, 0.2) is 0 Å². The molecule has 0 aliphatic rings. The quantitative estimate of drug-likeness (QED) is 0.862. The molecule has 1 amide bonds. The topological polar surface area (TPSA) is 93.8 Å². The lowest BCUT2D eigenvalue weighted by Gasteiger charge is -2.14. The van der Waals surface area contributed by atoms with Crippen molar-refractivity contribution in [2.45, 2.75) is 20.3 Å². The number of hydrogen-bond acceptors (Lipinski definition) is 5. The summed E-state index contributed by atoms with van der Waals surface area (Å²) in [6.07, 6.45) is 0.585. The van der Waals surface area contributed by atoms with E-state index >= 15 is 0 Å². The number of hydrogen-bond donors (Lipinski definition) is 2. The summed E-state index contributed by atoms with van der Waals surface area (Å²) in [6, 6.07) is 9.78. The highest BCUT2D eigenvalue weighted by Crippen LogP contribution is 2.10. The maximum Gasteiger partial charge on any atom is 0.249 e. The van der Waals surface area contributed by atoms with Crippen molar-refractivity contribution in [3.05, 3.63) is 47.3 Å². The molecule has 0 spiro atoms. The fraction of sp³-hybridized carbons (Fsp3) is 0.333. The Labute approximate surface area is 123 Å². The van der Waals surface area contributed by atoms with E-state index in [4.69, 9.17) is 5.73 Å². The Morgan fingerprint density at radius 3 is 2.52 bits per heavy atom. The summed E-state index contributed by atoms with van der Waals surface area (Å²) < 4.78 is 0. The summed E-state index contributed by atoms with van der Waals surface area (Å²) in [6.45, 7) is 3.90. The molecule has 3 N–H and O–H groups in total. The number of carbonyl (C=O) groups is 1. The van der Waals surface area contributed by atoms with Gasteiger partial charge < -0.3 is 5.73 Å². The van der Waals surface area contributed by atoms with Gasteiger partial charge >= 0.3 is 0 Å². The van der Waals surface area contributed by atoms with E-state index in [0.717, 1.165) is 17.0 Å². The first-order chi connectivity index (χ1) is 10.1. The molecule has 21 heavy (non-hydrogen) atoms. The summed E-state index contributed by atoms with van der Waals surface area (Å²) in [7, 11) is 0. The molecule has 6 nitrogen and oxygen atoms in total. The normalized spacial score (nSPS) is 12.0. The fourth-order valence-electron chi connectivity index (χ4n) is 1.90. The molecular formula is C15H19N5O. The van der Waals surface area contributed by atoms with Crippen LogP contribution in [0, 0.1) is 19.8 Å². The summed E-state index contributed by atoms with van der Waals surface area (Å²) in [4.78, 5) is 16.4. The molecule has 0 saturated carbocycles. The van der Waals surface area contributed by atoms with Gasteiger partial charge in [0.1, 0.15) is 0 Å². The van der Waals surface area contributed by atoms with Crippen LogP contribution in [0.2, 0.25) is 0 Å². The Morgan fingerprint density at radius 2 is 1.90 bits per heavy atom. The number of rotatable bonds is 5. The van der Waals surface area contributed by atoms with E-state index in [1.807, 2.05) is 44.2 Å². The Bertz CT molecular complexity index is 615. The van der Waals surface area contributed by atoms with Crippen molar-refractivity contribution < 1.29 is 4.79 Å². The maximum absolute atomic E-state index is 12.2. The zero-order chi connectivity index (χ0) is 15.2. The largest absolute Gasteiger partial charge is 0.330 e. The van der Waals surface area contributed by atoms with E-state index in [9.17, 15) is 4.79 Å². The van der Waals surface area contributed by atoms with Gasteiger partial charge in [-0.25, -0.2) is 4.98 Å². The smallest absolute Gasteiger partial charge is 0.249 e. The monoisotopic (exact) mass is 285 g/mol. The summed E-state index contributed by atoms with van der Waals surface area (Å²) >= 11 is 0. The molecule has 1 atom stereocenters. The van der Waals surface area contributed by atoms with E-state index in [0.29, 0.717) is 6.42 Å². The molecule has 1 unspecified atom stereocenters. The lowest BCUT2D eigenvalue weighted by Crippen LogP contribution is -2.31. The lowest BCUT2D eigenvalue weighted by molar-refractivity contribution is -0.119. The van der Waals surface area contributed by atoms with Crippen molar-refractivity contribution in [3.63, 3.8) is 0 Å². The summed E-state index contributed by atoms with van der Waals surface area (Å²) in [5.74, 6) is -0.293. The molecule has 0 bridgehead atoms. The minimum atomic E-state index is -0.322. The number of benzene rings is 1. The SMILES string of the molecule is Cc1nnc(NC(=O)C(CN)Cc2ccccc2)nc1C. The van der Waals surface area contributed by atoms with Gasteiger partial charge in [0.2, 0.25) is 11.9 Å². The van der Waals surface area contributed by atoms with E-state index in [2.05, 4.69) is 20.5 Å². The molecule has 2 rings (SSSR count). The van der Waals surface area contributed by atoms with Crippen molar-refractivity contribution >= 4 is 11.9 Å². The molecule has 0 fully saturated rings. The Morgan fingerprint density at radius 1 is 1.19 bits per heavy atom. The maximum atomic E-state index is 12.2. The van der Waals surface area contributed by atoms with Crippen LogP contribution in [0.5, 0.6) is 0 Å². The summed E-state index contributed by atoms with van der Waals surface area (Å²) in [5.41, 5.74) is 8.27. The number of nitrogens with zero attached hydrogens (tertiary/aromatic N) is 3. The van der Waals surface area contributed by atoms with Crippen molar-refractivity contribution in [1.29, 1.82) is 0 Å². The predicted octanol–water partition coefficient (Wildman–Crippen LogP) is 1.24. The third-order valence-corrected chi connectivity index (χ3v) is 3.31. The number of anilines is 1. The van der Waals surface area contributed by atoms with E-state index in [-0.39, 0.29) is 24.3 Å². The molecular weight excluding hydrogens is 266 g/mol. The van der Waals surface area contributed by atoms with Gasteiger partial charge in [-0.05, 0) is 25.8 Å². The zero-order valence-corrected chi connectivity index (χ0v) is 12.2. The van der Waals surface area contributed by atoms with E-state index < -0.39 is 0 Å². The summed E-state index contributed by atoms with van der Waals surface area (Å²) in [5, 5.41) is 10.5. The third-order valence-electron chi connectivity index (χ3n) is 3.31. The van der Waals surface area contributed by atoms with Crippen molar-refractivity contribution in [2.24, 2.45) is 11.7 Å². The molecule has 110 valence electrons. The van der Waals surface area contributed by atoms with Gasteiger partial charge in [-0.1, -0.05) is 30.3 Å². The first-order valence-corrected chi connectivity index (χ1v) is 6.83. The van der Waals surface area contributed by atoms with Gasteiger partial charge in [0.25, 0.3) is 0 Å². The van der Waals surface area contributed by atoms with Gasteiger partial charge in [-0.2, -0.15) is 5.10 Å². The third kappa shape index (κ3) is 4.06. The van der Waals surface area contributed by atoms with Gasteiger partial charge in [0, 0.05) is 6.54 Å². The van der Waals surface area contributed by atoms with E-state index in [1.54, 1.807) is 0 Å². The number of aryl methyl sites for hydroxylation is 2. The van der Waals surface area contributed by atoms with Gasteiger partial charge in [-0.15, -0.1) is 5.10 Å². The van der Waals surface area contributed by atoms with Crippen LogP contribution in [0.4, 0.5) is 5.95 Å². The molecule has 6 heteroatoms. The minimum absolute atomic E-state index is 0.189. The highest BCUT2D eigenvalue weighted by molar-refractivity contribution is 5.91. The number of nitrogens with two attached hydrogens (primary N) is 1. The molecule has 0 aliphatic carbocycles. The first-order valence-electron chi connectivity index (χ1n) is 6.83. The number of nitrogens with one attached hydrogen (secondary N) is 1. The average molecular weight is 285 g/mol. The lowest BCUT2D eigenvalue weighted by atomic mass is 9.99. The zero-order valence-electron chi connectivity index (χ0n) is 12.2. The van der Waals surface area contributed by atoms with Crippen LogP contribution in [-0.2, 0) is 11.2 Å². The standard InChI is InChI=1S/C15H19N5O/c1-10-11(2)19-20-15(17-10)18-14(21)13(9-16)8-12-6-4-3-5-7-12/h3-7,13H,8-9,16H2,1-2H3,(H,17,18,20,21). The first kappa shape index (κ1) is 15.1. The number of aromatic nitrogens is 3. The van der Waals surface area contributed by atoms with Gasteiger partial charge in [0.05, 0.1) is 17.3 Å². The molecule has 0 radical (unpaired) electrons. The molecule has 0 saturated heterocycles. The number of carbonyl (C=O) groups excluding carboxylic acids is 1. The van der Waals surface area contributed by atoms with Crippen molar-refractivity contribution in [1.82, 2.24) is 15.2 Å². The highest BCUT2D eigenvalue weighted by atomic mass is 16.2. The van der Waals surface area contributed by atoms with Crippen LogP contribution in [0.1, 0.15) is 17.0 Å². The second-order valence-corrected chi connectivity index (χ2v) is 4.92. The van der Waals surface area contributed by atoms with Gasteiger partial charge in [-0.3, -0.25) is 10.1 Å². The second kappa shape index (κ2) is 6.90. The Hall–Kier alpha value is -2.34. The van der Waals surface area contributed by atoms with Crippen molar-refractivity contribution in [3.8, 4) is 0 Å². The number of amides is 1. The molecule has 1 heterocycles. The van der Waals surface area contributed by atoms with Crippen LogP contribution >= 0.6 is 0 Å².